The van der Waals surface area contributed by atoms with Gasteiger partial charge >= 0.3 is 0 Å². The van der Waals surface area contributed by atoms with Crippen molar-refractivity contribution in [3.05, 3.63) is 104 Å². The van der Waals surface area contributed by atoms with Crippen molar-refractivity contribution in [2.24, 2.45) is 20.5 Å². The van der Waals surface area contributed by atoms with Gasteiger partial charge in [0.25, 0.3) is 0 Å². The van der Waals surface area contributed by atoms with E-state index in [0.717, 1.165) is 5.69 Å². The molecule has 0 aliphatic carbocycles. The van der Waals surface area contributed by atoms with Crippen LogP contribution in [0.25, 0.3) is 0 Å². The van der Waals surface area contributed by atoms with Gasteiger partial charge in [0.1, 0.15) is 0 Å². The molecular formula is C19H20N4. The topological polar surface area (TPSA) is 49.4 Å². The molecule has 0 aliphatic rings. The zero-order chi connectivity index (χ0) is 16.9. The van der Waals surface area contributed by atoms with E-state index in [0.29, 0.717) is 17.1 Å². The number of nitrogens with zero attached hydrogens (tertiary/aromatic N) is 4. The minimum Gasteiger partial charge on any atom is -0.151 e. The van der Waals surface area contributed by atoms with Crippen molar-refractivity contribution in [1.82, 2.24) is 0 Å². The van der Waals surface area contributed by atoms with Crippen molar-refractivity contribution < 1.29 is 0 Å². The highest BCUT2D eigenvalue weighted by Crippen LogP contribution is 2.13. The molecule has 0 bridgehead atoms. The van der Waals surface area contributed by atoms with E-state index in [4.69, 9.17) is 0 Å². The summed E-state index contributed by atoms with van der Waals surface area (Å²) >= 11 is 0. The van der Waals surface area contributed by atoms with Crippen LogP contribution in [-0.4, -0.2) is 0 Å². The third kappa shape index (κ3) is 6.91. The van der Waals surface area contributed by atoms with Crippen LogP contribution in [0.2, 0.25) is 0 Å². The van der Waals surface area contributed by atoms with E-state index in [1.54, 1.807) is 30.4 Å². The van der Waals surface area contributed by atoms with Gasteiger partial charge in [-0.2, -0.15) is 20.5 Å². The lowest BCUT2D eigenvalue weighted by molar-refractivity contribution is 1.12. The number of rotatable bonds is 8. The molecule has 0 amide bonds. The Morgan fingerprint density at radius 1 is 0.783 bits per heavy atom. The second-order valence-electron chi connectivity index (χ2n) is 4.24. The molecule has 116 valence electrons. The van der Waals surface area contributed by atoms with Gasteiger partial charge in [-0.3, -0.25) is 0 Å². The summed E-state index contributed by atoms with van der Waals surface area (Å²) in [4.78, 5) is 0. The summed E-state index contributed by atoms with van der Waals surface area (Å²) in [6.45, 7) is 13.0. The summed E-state index contributed by atoms with van der Waals surface area (Å²) < 4.78 is 0. The molecule has 0 heterocycles. The van der Waals surface area contributed by atoms with Crippen molar-refractivity contribution in [3.8, 4) is 0 Å². The second kappa shape index (κ2) is 10.6. The third-order valence-corrected chi connectivity index (χ3v) is 2.67. The number of hydrogen-bond donors (Lipinski definition) is 0. The second-order valence-corrected chi connectivity index (χ2v) is 4.24. The summed E-state index contributed by atoms with van der Waals surface area (Å²) in [5, 5.41) is 16.4. The zero-order valence-corrected chi connectivity index (χ0v) is 13.3. The molecule has 0 aromatic heterocycles. The highest BCUT2D eigenvalue weighted by Gasteiger charge is 1.91. The molecule has 0 unspecified atom stereocenters. The fourth-order valence-electron chi connectivity index (χ4n) is 1.40. The van der Waals surface area contributed by atoms with E-state index >= 15 is 0 Å². The Morgan fingerprint density at radius 3 is 1.83 bits per heavy atom. The minimum absolute atomic E-state index is 0.598. The summed E-state index contributed by atoms with van der Waals surface area (Å²) in [5.74, 6) is 0. The van der Waals surface area contributed by atoms with Crippen LogP contribution < -0.4 is 0 Å². The maximum atomic E-state index is 4.14. The monoisotopic (exact) mass is 304 g/mol. The molecule has 0 saturated carbocycles. The number of hydrogen-bond acceptors (Lipinski definition) is 4. The lowest BCUT2D eigenvalue weighted by Gasteiger charge is -1.94. The van der Waals surface area contributed by atoms with Crippen LogP contribution in [0, 0.1) is 0 Å². The maximum absolute atomic E-state index is 4.14. The fraction of sp³-hybridized carbons (Fsp3) is 0.0526. The van der Waals surface area contributed by atoms with E-state index in [9.17, 15) is 0 Å². The number of azo groups is 2. The Bertz CT molecular complexity index is 689. The van der Waals surface area contributed by atoms with Crippen LogP contribution in [0.5, 0.6) is 0 Å². The maximum Gasteiger partial charge on any atom is 0.0857 e. The van der Waals surface area contributed by atoms with Gasteiger partial charge in [-0.25, -0.2) is 0 Å². The van der Waals surface area contributed by atoms with E-state index in [2.05, 4.69) is 40.2 Å². The van der Waals surface area contributed by atoms with Gasteiger partial charge in [0.15, 0.2) is 0 Å². The van der Waals surface area contributed by atoms with Gasteiger partial charge in [-0.05, 0) is 49.4 Å². The van der Waals surface area contributed by atoms with Crippen LogP contribution in [0.3, 0.4) is 0 Å². The van der Waals surface area contributed by atoms with Gasteiger partial charge < -0.3 is 0 Å². The quantitative estimate of drug-likeness (QED) is 0.391. The fourth-order valence-corrected chi connectivity index (χ4v) is 1.40. The molecule has 4 heteroatoms. The lowest BCUT2D eigenvalue weighted by atomic mass is 10.3. The smallest absolute Gasteiger partial charge is 0.0857 e. The number of benzene rings is 1. The van der Waals surface area contributed by atoms with Crippen molar-refractivity contribution in [2.45, 2.75) is 6.92 Å². The summed E-state index contributed by atoms with van der Waals surface area (Å²) in [7, 11) is 0. The highest BCUT2D eigenvalue weighted by molar-refractivity contribution is 5.35. The van der Waals surface area contributed by atoms with E-state index in [1.165, 1.54) is 0 Å². The van der Waals surface area contributed by atoms with Gasteiger partial charge in [0, 0.05) is 0 Å². The van der Waals surface area contributed by atoms with Crippen molar-refractivity contribution in [2.75, 3.05) is 0 Å². The summed E-state index contributed by atoms with van der Waals surface area (Å²) in [6, 6.07) is 9.48. The first-order valence-corrected chi connectivity index (χ1v) is 7.07. The minimum atomic E-state index is 0.598. The van der Waals surface area contributed by atoms with Crippen molar-refractivity contribution >= 4 is 5.69 Å². The molecule has 1 rings (SSSR count). The van der Waals surface area contributed by atoms with Gasteiger partial charge in [-0.1, -0.05) is 44.0 Å². The Balaban J connectivity index is 2.91. The summed E-state index contributed by atoms with van der Waals surface area (Å²) in [5.41, 5.74) is 2.67. The molecule has 0 saturated heterocycles. The average Bonchev–Trinajstić information content (AvgIpc) is 2.61. The Kier molecular flexibility index (Phi) is 8.23. The standard InChI is InChI=1S/C19H20N4/c1-5-16(6-2)20-21-17(7-3)14-15-18(8-4)22-23-19-12-10-9-11-13-19/h5-15H,1,3-4H2,2H3/b16-6+,17-14+,18-15+,21-20+,23-22?. The SMILES string of the molecule is C=C\C(=C/C=C(C=C)/N=N/C(C=C)=C/C)N=Nc1ccccc1. The molecule has 1 aromatic carbocycles. The molecule has 0 N–H and O–H groups in total. The molecule has 1 aromatic rings. The Morgan fingerprint density at radius 2 is 1.30 bits per heavy atom. The summed E-state index contributed by atoms with van der Waals surface area (Å²) in [6.07, 6.45) is 10.2. The predicted octanol–water partition coefficient (Wildman–Crippen LogP) is 6.45. The molecule has 0 atom stereocenters. The Labute approximate surface area is 137 Å². The first-order chi connectivity index (χ1) is 11.2. The largest absolute Gasteiger partial charge is 0.151 e. The first kappa shape index (κ1) is 17.9. The van der Waals surface area contributed by atoms with E-state index in [1.807, 2.05) is 43.3 Å². The van der Waals surface area contributed by atoms with Gasteiger partial charge in [0.2, 0.25) is 0 Å². The van der Waals surface area contributed by atoms with Crippen LogP contribution >= 0.6 is 0 Å². The van der Waals surface area contributed by atoms with Crippen molar-refractivity contribution in [1.29, 1.82) is 0 Å². The average molecular weight is 304 g/mol. The first-order valence-electron chi connectivity index (χ1n) is 7.07. The Hall–Kier alpha value is -3.14. The van der Waals surface area contributed by atoms with E-state index in [-0.39, 0.29) is 0 Å². The molecule has 0 radical (unpaired) electrons. The molecule has 0 fully saturated rings. The highest BCUT2D eigenvalue weighted by atomic mass is 15.1. The van der Waals surface area contributed by atoms with E-state index < -0.39 is 0 Å². The molecular weight excluding hydrogens is 284 g/mol. The van der Waals surface area contributed by atoms with Crippen LogP contribution in [0.15, 0.2) is 124 Å². The normalized spacial score (nSPS) is 13.5. The molecule has 0 spiro atoms. The van der Waals surface area contributed by atoms with Crippen molar-refractivity contribution in [3.63, 3.8) is 0 Å². The van der Waals surface area contributed by atoms with Crippen LogP contribution in [-0.2, 0) is 0 Å². The number of allylic oxidation sites excluding steroid dienone is 6. The molecule has 0 aliphatic heterocycles. The lowest BCUT2D eigenvalue weighted by Crippen LogP contribution is -1.74. The van der Waals surface area contributed by atoms with Gasteiger partial charge in [0.05, 0.1) is 22.8 Å². The molecule has 4 nitrogen and oxygen atoms in total. The van der Waals surface area contributed by atoms with Crippen LogP contribution in [0.1, 0.15) is 6.92 Å². The van der Waals surface area contributed by atoms with Crippen LogP contribution in [0.4, 0.5) is 5.69 Å². The predicted molar refractivity (Wildman–Crippen MR) is 96.3 cm³/mol. The molecule has 23 heavy (non-hydrogen) atoms. The van der Waals surface area contributed by atoms with Gasteiger partial charge in [-0.15, -0.1) is 0 Å². The zero-order valence-electron chi connectivity index (χ0n) is 13.3. The third-order valence-electron chi connectivity index (χ3n) is 2.67.